The number of ether oxygens (including phenoxy) is 1. The second-order valence-corrected chi connectivity index (χ2v) is 8.75. The van der Waals surface area contributed by atoms with E-state index in [4.69, 9.17) is 22.1 Å². The number of para-hydroxylation sites is 1. The first-order chi connectivity index (χ1) is 17.1. The molecule has 0 aliphatic carbocycles. The van der Waals surface area contributed by atoms with Crippen molar-refractivity contribution in [2.45, 2.75) is 12.0 Å². The van der Waals surface area contributed by atoms with Crippen molar-refractivity contribution in [3.05, 3.63) is 112 Å². The van der Waals surface area contributed by atoms with Gasteiger partial charge in [0.1, 0.15) is 17.1 Å². The number of carbonyl (C=O) groups is 1. The van der Waals surface area contributed by atoms with Crippen LogP contribution in [0.15, 0.2) is 90.3 Å². The van der Waals surface area contributed by atoms with E-state index in [2.05, 4.69) is 16.3 Å². The van der Waals surface area contributed by atoms with Crippen LogP contribution >= 0.6 is 11.6 Å². The molecule has 1 amide bonds. The lowest BCUT2D eigenvalue weighted by atomic mass is 9.68. The van der Waals surface area contributed by atoms with Crippen LogP contribution in [0.5, 0.6) is 5.88 Å². The highest BCUT2D eigenvalue weighted by Gasteiger charge is 2.61. The first-order valence-electron chi connectivity index (χ1n) is 10.9. The summed E-state index contributed by atoms with van der Waals surface area (Å²) in [6.45, 7) is 0.227. The number of anilines is 1. The molecular weight excluding hydrogens is 462 g/mol. The molecule has 170 valence electrons. The third-order valence-electron chi connectivity index (χ3n) is 6.56. The summed E-state index contributed by atoms with van der Waals surface area (Å²) in [6, 6.07) is 26.5. The number of rotatable bonds is 3. The summed E-state index contributed by atoms with van der Waals surface area (Å²) in [7, 11) is 0. The molecule has 7 nitrogen and oxygen atoms in total. The van der Waals surface area contributed by atoms with Crippen LogP contribution in [0.4, 0.5) is 5.69 Å². The van der Waals surface area contributed by atoms with Crippen LogP contribution in [0, 0.1) is 11.3 Å². The Hall–Kier alpha value is -4.54. The Labute approximate surface area is 206 Å². The number of nitriles is 1. The Kier molecular flexibility index (Phi) is 4.66. The SMILES string of the molecule is N#CC1=C(N)Oc2n[nH]c(-c3ccccc3)c2[C@]12C(=O)N(Cc1ccccc1Cl)c1ccccc12. The molecule has 1 aromatic heterocycles. The number of nitrogens with two attached hydrogens (primary N) is 1. The van der Waals surface area contributed by atoms with Gasteiger partial charge in [-0.3, -0.25) is 9.89 Å². The van der Waals surface area contributed by atoms with Crippen molar-refractivity contribution in [3.63, 3.8) is 0 Å². The minimum Gasteiger partial charge on any atom is -0.420 e. The van der Waals surface area contributed by atoms with Gasteiger partial charge in [0.2, 0.25) is 17.7 Å². The average molecular weight is 480 g/mol. The highest BCUT2D eigenvalue weighted by molar-refractivity contribution is 6.31. The fourth-order valence-electron chi connectivity index (χ4n) is 5.06. The molecule has 1 spiro atoms. The van der Waals surface area contributed by atoms with Gasteiger partial charge in [0.25, 0.3) is 0 Å². The number of carbonyl (C=O) groups excluding carboxylic acids is 1. The molecule has 8 heteroatoms. The molecule has 2 aliphatic heterocycles. The Balaban J connectivity index is 1.65. The van der Waals surface area contributed by atoms with Crippen LogP contribution in [0.1, 0.15) is 16.7 Å². The molecular formula is C27H18ClN5O2. The molecule has 0 fully saturated rings. The maximum atomic E-state index is 14.6. The molecule has 2 aliphatic rings. The summed E-state index contributed by atoms with van der Waals surface area (Å²) in [5, 5.41) is 18.2. The largest absolute Gasteiger partial charge is 0.420 e. The number of H-pyrrole nitrogens is 1. The molecule has 0 saturated heterocycles. The molecule has 0 bridgehead atoms. The monoisotopic (exact) mass is 479 g/mol. The van der Waals surface area contributed by atoms with Crippen LogP contribution < -0.4 is 15.4 Å². The van der Waals surface area contributed by atoms with Crippen molar-refractivity contribution in [1.29, 1.82) is 5.26 Å². The van der Waals surface area contributed by atoms with E-state index in [1.165, 1.54) is 0 Å². The van der Waals surface area contributed by atoms with Gasteiger partial charge in [-0.05, 0) is 17.7 Å². The van der Waals surface area contributed by atoms with Gasteiger partial charge in [-0.2, -0.15) is 5.26 Å². The van der Waals surface area contributed by atoms with E-state index in [0.29, 0.717) is 27.5 Å². The highest BCUT2D eigenvalue weighted by atomic mass is 35.5. The fourth-order valence-corrected chi connectivity index (χ4v) is 5.25. The molecule has 6 rings (SSSR count). The summed E-state index contributed by atoms with van der Waals surface area (Å²) >= 11 is 6.45. The van der Waals surface area contributed by atoms with Crippen LogP contribution in [0.3, 0.4) is 0 Å². The third kappa shape index (κ3) is 2.84. The summed E-state index contributed by atoms with van der Waals surface area (Å²) in [5.74, 6) is -0.293. The quantitative estimate of drug-likeness (QED) is 0.444. The van der Waals surface area contributed by atoms with E-state index >= 15 is 0 Å². The van der Waals surface area contributed by atoms with Crippen molar-refractivity contribution in [3.8, 4) is 23.2 Å². The lowest BCUT2D eigenvalue weighted by Gasteiger charge is -2.33. The molecule has 4 aromatic rings. The second kappa shape index (κ2) is 7.76. The second-order valence-electron chi connectivity index (χ2n) is 8.35. The first-order valence-corrected chi connectivity index (χ1v) is 11.3. The minimum atomic E-state index is -1.53. The molecule has 0 unspecified atom stereocenters. The van der Waals surface area contributed by atoms with Crippen molar-refractivity contribution in [1.82, 2.24) is 10.2 Å². The van der Waals surface area contributed by atoms with Gasteiger partial charge in [0.15, 0.2) is 0 Å². The first kappa shape index (κ1) is 21.0. The molecule has 3 aromatic carbocycles. The zero-order chi connectivity index (χ0) is 24.2. The molecule has 0 saturated carbocycles. The standard InChI is InChI=1S/C27H18ClN5O2/c28-20-12-6-4-10-17(20)15-33-21-13-7-5-11-18(21)27(26(33)34)19(14-29)24(30)35-25-22(27)23(31-32-25)16-8-2-1-3-9-16/h1-13H,15,30H2,(H,31,32)/t27-/m1/s1. The van der Waals surface area contributed by atoms with E-state index in [-0.39, 0.29) is 29.8 Å². The summed E-state index contributed by atoms with van der Waals surface area (Å²) in [4.78, 5) is 16.2. The number of nitrogens with one attached hydrogen (secondary N) is 1. The zero-order valence-electron chi connectivity index (χ0n) is 18.3. The van der Waals surface area contributed by atoms with E-state index in [0.717, 1.165) is 11.1 Å². The summed E-state index contributed by atoms with van der Waals surface area (Å²) in [5.41, 5.74) is 8.69. The number of fused-ring (bicyclic) bond motifs is 4. The van der Waals surface area contributed by atoms with Crippen molar-refractivity contribution < 1.29 is 9.53 Å². The van der Waals surface area contributed by atoms with E-state index < -0.39 is 5.41 Å². The number of benzene rings is 3. The van der Waals surface area contributed by atoms with Crippen molar-refractivity contribution >= 4 is 23.2 Å². The Morgan fingerprint density at radius 1 is 1.06 bits per heavy atom. The number of aromatic amines is 1. The number of hydrogen-bond donors (Lipinski definition) is 2. The fraction of sp³-hybridized carbons (Fsp3) is 0.0741. The Bertz CT molecular complexity index is 1570. The number of nitrogens with zero attached hydrogens (tertiary/aromatic N) is 3. The van der Waals surface area contributed by atoms with E-state index in [1.807, 2.05) is 72.8 Å². The number of halogens is 1. The maximum absolute atomic E-state index is 14.6. The molecule has 1 atom stereocenters. The predicted molar refractivity (Wildman–Crippen MR) is 131 cm³/mol. The third-order valence-corrected chi connectivity index (χ3v) is 6.93. The number of aromatic nitrogens is 2. The number of amides is 1. The van der Waals surface area contributed by atoms with E-state index in [1.54, 1.807) is 11.0 Å². The van der Waals surface area contributed by atoms with Crippen molar-refractivity contribution in [2.75, 3.05) is 4.90 Å². The average Bonchev–Trinajstić information content (AvgIpc) is 3.40. The van der Waals surface area contributed by atoms with Crippen LogP contribution in [0.2, 0.25) is 5.02 Å². The summed E-state index contributed by atoms with van der Waals surface area (Å²) < 4.78 is 5.76. The lowest BCUT2D eigenvalue weighted by Crippen LogP contribution is -2.45. The van der Waals surface area contributed by atoms with Crippen LogP contribution in [-0.2, 0) is 16.8 Å². The zero-order valence-corrected chi connectivity index (χ0v) is 19.1. The molecule has 3 N–H and O–H groups in total. The normalized spacial score (nSPS) is 18.3. The Morgan fingerprint density at radius 2 is 1.77 bits per heavy atom. The lowest BCUT2D eigenvalue weighted by molar-refractivity contribution is -0.121. The smallest absolute Gasteiger partial charge is 0.248 e. The predicted octanol–water partition coefficient (Wildman–Crippen LogP) is 4.65. The summed E-state index contributed by atoms with van der Waals surface area (Å²) in [6.07, 6.45) is 0. The van der Waals surface area contributed by atoms with Gasteiger partial charge < -0.3 is 15.4 Å². The Morgan fingerprint density at radius 3 is 2.54 bits per heavy atom. The van der Waals surface area contributed by atoms with Gasteiger partial charge in [-0.25, -0.2) is 0 Å². The topological polar surface area (TPSA) is 108 Å². The van der Waals surface area contributed by atoms with Gasteiger partial charge in [0, 0.05) is 21.8 Å². The highest BCUT2D eigenvalue weighted by Crippen LogP contribution is 2.57. The van der Waals surface area contributed by atoms with Crippen LogP contribution in [-0.4, -0.2) is 16.1 Å². The van der Waals surface area contributed by atoms with Crippen LogP contribution in [0.25, 0.3) is 11.3 Å². The van der Waals surface area contributed by atoms with Gasteiger partial charge >= 0.3 is 0 Å². The van der Waals surface area contributed by atoms with Gasteiger partial charge in [-0.1, -0.05) is 78.3 Å². The minimum absolute atomic E-state index is 0.0303. The molecule has 3 heterocycles. The van der Waals surface area contributed by atoms with Crippen molar-refractivity contribution in [2.24, 2.45) is 5.73 Å². The maximum Gasteiger partial charge on any atom is 0.248 e. The molecule has 0 radical (unpaired) electrons. The molecule has 35 heavy (non-hydrogen) atoms. The number of hydrogen-bond acceptors (Lipinski definition) is 5. The van der Waals surface area contributed by atoms with Gasteiger partial charge in [-0.15, -0.1) is 5.10 Å². The van der Waals surface area contributed by atoms with E-state index in [9.17, 15) is 10.1 Å². The van der Waals surface area contributed by atoms with Gasteiger partial charge in [0.05, 0.1) is 17.8 Å².